The van der Waals surface area contributed by atoms with E-state index in [1.54, 1.807) is 6.08 Å². The first-order valence-electron chi connectivity index (χ1n) is 39.8. The summed E-state index contributed by atoms with van der Waals surface area (Å²) in [4.78, 5) is 24.6. The summed E-state index contributed by atoms with van der Waals surface area (Å²) in [6.45, 7) is 4.94. The van der Waals surface area contributed by atoms with Gasteiger partial charge in [0, 0.05) is 12.8 Å². The average molecular weight is 1220 g/mol. The van der Waals surface area contributed by atoms with Crippen LogP contribution in [0.1, 0.15) is 444 Å². The van der Waals surface area contributed by atoms with Crippen LogP contribution in [0.25, 0.3) is 0 Å². The molecule has 1 amide bonds. The molecule has 3 N–H and O–H groups in total. The van der Waals surface area contributed by atoms with Crippen LogP contribution in [0.2, 0.25) is 0 Å². The van der Waals surface area contributed by atoms with Gasteiger partial charge in [0.25, 0.3) is 0 Å². The predicted octanol–water partition coefficient (Wildman–Crippen LogP) is 26.2. The Bertz CT molecular complexity index is 1410. The molecule has 0 rings (SSSR count). The van der Waals surface area contributed by atoms with E-state index in [9.17, 15) is 19.8 Å². The number of amides is 1. The lowest BCUT2D eigenvalue weighted by atomic mass is 10.0. The van der Waals surface area contributed by atoms with Crippen molar-refractivity contribution in [2.75, 3.05) is 13.2 Å². The zero-order valence-electron chi connectivity index (χ0n) is 59.0. The summed E-state index contributed by atoms with van der Waals surface area (Å²) in [6.07, 6.45) is 99.9. The molecule has 0 spiro atoms. The SMILES string of the molecule is CCCCCCC/C=C\CCCCCCCC(=O)OCCCCCCCCCCCCCCCC/C=C\CCCCCCCCCCCCCCCCCCCC(=O)NC(CO)C(O)/C=C/CCCCCCCCCCCCCCCCCCCCC. The number of hydrogen-bond acceptors (Lipinski definition) is 5. The molecule has 0 aliphatic carbocycles. The Morgan fingerprint density at radius 3 is 0.816 bits per heavy atom. The van der Waals surface area contributed by atoms with Gasteiger partial charge in [-0.2, -0.15) is 0 Å². The molecule has 0 saturated heterocycles. The summed E-state index contributed by atoms with van der Waals surface area (Å²) in [6, 6.07) is -0.626. The Kier molecular flexibility index (Phi) is 74.8. The zero-order chi connectivity index (χ0) is 62.8. The van der Waals surface area contributed by atoms with E-state index in [0.717, 1.165) is 44.9 Å². The monoisotopic (exact) mass is 1220 g/mol. The zero-order valence-corrected chi connectivity index (χ0v) is 59.0. The van der Waals surface area contributed by atoms with Gasteiger partial charge in [-0.3, -0.25) is 9.59 Å². The maximum atomic E-state index is 12.5. The molecule has 2 atom stereocenters. The van der Waals surface area contributed by atoms with E-state index < -0.39 is 12.1 Å². The molecule has 0 heterocycles. The number of aliphatic hydroxyl groups excluding tert-OH is 2. The molecule has 6 nitrogen and oxygen atoms in total. The summed E-state index contributed by atoms with van der Waals surface area (Å²) in [5, 5.41) is 23.3. The van der Waals surface area contributed by atoms with E-state index in [0.29, 0.717) is 19.4 Å². The van der Waals surface area contributed by atoms with Gasteiger partial charge in [0.2, 0.25) is 5.91 Å². The second-order valence-electron chi connectivity index (χ2n) is 27.4. The Morgan fingerprint density at radius 2 is 0.540 bits per heavy atom. The van der Waals surface area contributed by atoms with Crippen LogP contribution in [0.4, 0.5) is 0 Å². The normalized spacial score (nSPS) is 12.6. The predicted molar refractivity (Wildman–Crippen MR) is 384 cm³/mol. The van der Waals surface area contributed by atoms with Crippen molar-refractivity contribution in [1.29, 1.82) is 0 Å². The van der Waals surface area contributed by atoms with Crippen molar-refractivity contribution in [3.8, 4) is 0 Å². The number of allylic oxidation sites excluding steroid dienone is 5. The second kappa shape index (κ2) is 76.5. The highest BCUT2D eigenvalue weighted by Crippen LogP contribution is 2.19. The molecule has 0 aromatic heterocycles. The topological polar surface area (TPSA) is 95.9 Å². The van der Waals surface area contributed by atoms with Gasteiger partial charge in [-0.25, -0.2) is 0 Å². The molecule has 0 aromatic rings. The number of aliphatic hydroxyl groups is 2. The third-order valence-corrected chi connectivity index (χ3v) is 18.6. The Morgan fingerprint density at radius 1 is 0.310 bits per heavy atom. The molecule has 0 aromatic carbocycles. The summed E-state index contributed by atoms with van der Waals surface area (Å²) < 4.78 is 5.49. The van der Waals surface area contributed by atoms with Crippen molar-refractivity contribution in [3.05, 3.63) is 36.5 Å². The Hall–Kier alpha value is -1.92. The number of unbranched alkanes of at least 4 members (excludes halogenated alkanes) is 60. The van der Waals surface area contributed by atoms with E-state index in [2.05, 4.69) is 43.5 Å². The smallest absolute Gasteiger partial charge is 0.305 e. The molecular formula is C81H155NO5. The number of ether oxygens (including phenoxy) is 1. The third-order valence-electron chi connectivity index (χ3n) is 18.6. The van der Waals surface area contributed by atoms with E-state index in [1.807, 2.05) is 6.08 Å². The molecule has 2 unspecified atom stereocenters. The Labute approximate surface area is 544 Å². The van der Waals surface area contributed by atoms with Gasteiger partial charge in [-0.1, -0.05) is 384 Å². The lowest BCUT2D eigenvalue weighted by Gasteiger charge is -2.20. The minimum absolute atomic E-state index is 0.0121. The number of rotatable bonds is 75. The summed E-state index contributed by atoms with van der Waals surface area (Å²) in [5.41, 5.74) is 0. The third kappa shape index (κ3) is 73.0. The molecule has 87 heavy (non-hydrogen) atoms. The first kappa shape index (κ1) is 85.1. The van der Waals surface area contributed by atoms with Crippen molar-refractivity contribution in [2.45, 2.75) is 456 Å². The van der Waals surface area contributed by atoms with Crippen LogP contribution in [0.3, 0.4) is 0 Å². The molecule has 0 fully saturated rings. The molecule has 6 heteroatoms. The summed E-state index contributed by atoms with van der Waals surface area (Å²) in [7, 11) is 0. The fraction of sp³-hybridized carbons (Fsp3) is 0.901. The maximum absolute atomic E-state index is 12.5. The van der Waals surface area contributed by atoms with Gasteiger partial charge < -0.3 is 20.3 Å². The van der Waals surface area contributed by atoms with Crippen molar-refractivity contribution < 1.29 is 24.5 Å². The number of carbonyl (C=O) groups is 2. The van der Waals surface area contributed by atoms with Crippen LogP contribution in [0, 0.1) is 0 Å². The van der Waals surface area contributed by atoms with Crippen molar-refractivity contribution in [3.63, 3.8) is 0 Å². The van der Waals surface area contributed by atoms with Crippen LogP contribution >= 0.6 is 0 Å². The number of carbonyl (C=O) groups excluding carboxylic acids is 2. The van der Waals surface area contributed by atoms with E-state index in [4.69, 9.17) is 4.74 Å². The maximum Gasteiger partial charge on any atom is 0.305 e. The standard InChI is InChI=1S/C81H155NO5/c1-3-5-7-9-11-13-15-17-19-20-21-37-40-43-46-49-53-57-61-65-69-73-79(84)78(77-83)82-80(85)74-70-66-62-58-54-50-47-44-41-38-35-33-31-29-27-25-23-22-24-26-28-30-32-34-36-39-42-45-48-52-56-60-64-68-72-76-87-81(86)75-71-67-63-59-55-51-18-16-14-12-10-8-6-4-2/h16,18,24,26,69,73,78-79,83-84H,3-15,17,19-23,25,27-68,70-72,74-77H2,1-2H3,(H,82,85)/b18-16-,26-24-,73-69+. The van der Waals surface area contributed by atoms with Crippen molar-refractivity contribution in [1.82, 2.24) is 5.32 Å². The highest BCUT2D eigenvalue weighted by atomic mass is 16.5. The van der Waals surface area contributed by atoms with E-state index >= 15 is 0 Å². The van der Waals surface area contributed by atoms with Gasteiger partial charge in [-0.05, 0) is 83.5 Å². The van der Waals surface area contributed by atoms with Gasteiger partial charge in [0.1, 0.15) is 0 Å². The van der Waals surface area contributed by atoms with Crippen molar-refractivity contribution >= 4 is 11.9 Å². The van der Waals surface area contributed by atoms with Crippen LogP contribution in [-0.2, 0) is 14.3 Å². The fourth-order valence-corrected chi connectivity index (χ4v) is 12.6. The van der Waals surface area contributed by atoms with Gasteiger partial charge >= 0.3 is 5.97 Å². The first-order valence-corrected chi connectivity index (χ1v) is 39.8. The lowest BCUT2D eigenvalue weighted by Crippen LogP contribution is -2.45. The van der Waals surface area contributed by atoms with Gasteiger partial charge in [0.15, 0.2) is 0 Å². The number of esters is 1. The summed E-state index contributed by atoms with van der Waals surface area (Å²) in [5.74, 6) is -0.0479. The first-order chi connectivity index (χ1) is 43.0. The van der Waals surface area contributed by atoms with Crippen LogP contribution in [-0.4, -0.2) is 47.4 Å². The minimum Gasteiger partial charge on any atom is -0.466 e. The van der Waals surface area contributed by atoms with Gasteiger partial charge in [-0.15, -0.1) is 0 Å². The van der Waals surface area contributed by atoms with Crippen LogP contribution in [0.5, 0.6) is 0 Å². The highest BCUT2D eigenvalue weighted by Gasteiger charge is 2.18. The number of hydrogen-bond donors (Lipinski definition) is 3. The van der Waals surface area contributed by atoms with Crippen molar-refractivity contribution in [2.24, 2.45) is 0 Å². The largest absolute Gasteiger partial charge is 0.466 e. The van der Waals surface area contributed by atoms with Crippen LogP contribution < -0.4 is 5.32 Å². The molecule has 0 aliphatic heterocycles. The lowest BCUT2D eigenvalue weighted by molar-refractivity contribution is -0.143. The molecule has 0 aliphatic rings. The fourth-order valence-electron chi connectivity index (χ4n) is 12.6. The molecule has 0 bridgehead atoms. The highest BCUT2D eigenvalue weighted by molar-refractivity contribution is 5.76. The average Bonchev–Trinajstić information content (AvgIpc) is 3.52. The summed E-state index contributed by atoms with van der Waals surface area (Å²) >= 11 is 0. The Balaban J connectivity index is 3.36. The number of nitrogens with one attached hydrogen (secondary N) is 1. The molecule has 0 radical (unpaired) electrons. The van der Waals surface area contributed by atoms with Gasteiger partial charge in [0.05, 0.1) is 25.4 Å². The molecule has 514 valence electrons. The van der Waals surface area contributed by atoms with Crippen LogP contribution in [0.15, 0.2) is 36.5 Å². The molecular weight excluding hydrogens is 1070 g/mol. The quantitative estimate of drug-likeness (QED) is 0.0320. The minimum atomic E-state index is -0.843. The van der Waals surface area contributed by atoms with E-state index in [-0.39, 0.29) is 18.5 Å². The second-order valence-corrected chi connectivity index (χ2v) is 27.4. The molecule has 0 saturated carbocycles. The van der Waals surface area contributed by atoms with E-state index in [1.165, 1.54) is 372 Å².